The summed E-state index contributed by atoms with van der Waals surface area (Å²) in [4.78, 5) is 28.0. The highest BCUT2D eigenvalue weighted by Gasteiger charge is 2.35. The molecule has 10 heteroatoms. The molecule has 3 rings (SSSR count). The van der Waals surface area contributed by atoms with Gasteiger partial charge in [-0.1, -0.05) is 32.0 Å². The van der Waals surface area contributed by atoms with Crippen LogP contribution in [0.4, 0.5) is 23.2 Å². The second kappa shape index (κ2) is 11.4. The number of rotatable bonds is 9. The number of carbonyl (C=O) groups is 2. The molecule has 1 atom stereocenters. The van der Waals surface area contributed by atoms with Crippen LogP contribution in [0.5, 0.6) is 0 Å². The molecule has 2 amide bonds. The SMILES string of the molecule is CCOC1C=C(c2ccc(CC(=O)Nc3ccc(CC(C)(C)CO)c(C(F)(F)F)c3)cc2F)C=NC1=O. The number of carbonyl (C=O) groups excluding carboxylic acids is 2. The molecule has 198 valence electrons. The molecule has 1 aliphatic heterocycles. The Morgan fingerprint density at radius 2 is 1.89 bits per heavy atom. The number of hydrogen-bond acceptors (Lipinski definition) is 4. The number of aliphatic hydroxyl groups excluding tert-OH is 1. The van der Waals surface area contributed by atoms with E-state index in [2.05, 4.69) is 10.3 Å². The highest BCUT2D eigenvalue weighted by molar-refractivity contribution is 6.17. The highest BCUT2D eigenvalue weighted by Crippen LogP contribution is 2.36. The molecule has 0 aliphatic carbocycles. The van der Waals surface area contributed by atoms with E-state index in [-0.39, 0.29) is 42.9 Å². The van der Waals surface area contributed by atoms with Gasteiger partial charge in [-0.15, -0.1) is 0 Å². The van der Waals surface area contributed by atoms with Gasteiger partial charge in [0.25, 0.3) is 5.91 Å². The van der Waals surface area contributed by atoms with Crippen molar-refractivity contribution in [3.63, 3.8) is 0 Å². The minimum Gasteiger partial charge on any atom is -0.396 e. The maximum atomic E-state index is 14.8. The highest BCUT2D eigenvalue weighted by atomic mass is 19.4. The second-order valence-electron chi connectivity index (χ2n) is 9.50. The van der Waals surface area contributed by atoms with Gasteiger partial charge in [0.2, 0.25) is 5.91 Å². The molecule has 0 saturated carbocycles. The minimum atomic E-state index is -4.65. The molecule has 0 bridgehead atoms. The van der Waals surface area contributed by atoms with Crippen LogP contribution in [-0.2, 0) is 33.3 Å². The van der Waals surface area contributed by atoms with E-state index in [9.17, 15) is 32.3 Å². The number of nitrogens with one attached hydrogen (secondary N) is 1. The number of benzene rings is 2. The van der Waals surface area contributed by atoms with E-state index >= 15 is 0 Å². The number of ether oxygens (including phenoxy) is 1. The summed E-state index contributed by atoms with van der Waals surface area (Å²) in [6, 6.07) is 7.61. The average molecular weight is 521 g/mol. The summed E-state index contributed by atoms with van der Waals surface area (Å²) in [5, 5.41) is 11.9. The van der Waals surface area contributed by atoms with E-state index in [1.807, 2.05) is 0 Å². The van der Waals surface area contributed by atoms with Gasteiger partial charge in [-0.3, -0.25) is 9.59 Å². The van der Waals surface area contributed by atoms with Gasteiger partial charge in [-0.25, -0.2) is 9.38 Å². The zero-order valence-corrected chi connectivity index (χ0v) is 20.7. The fourth-order valence-electron chi connectivity index (χ4n) is 3.88. The predicted molar refractivity (Wildman–Crippen MR) is 132 cm³/mol. The Morgan fingerprint density at radius 3 is 2.51 bits per heavy atom. The largest absolute Gasteiger partial charge is 0.416 e. The molecule has 0 spiro atoms. The van der Waals surface area contributed by atoms with Gasteiger partial charge < -0.3 is 15.2 Å². The number of dihydropyridines is 1. The lowest BCUT2D eigenvalue weighted by atomic mass is 9.84. The zero-order chi connectivity index (χ0) is 27.4. The van der Waals surface area contributed by atoms with Gasteiger partial charge in [0.1, 0.15) is 5.82 Å². The Balaban J connectivity index is 1.74. The molecule has 0 saturated heterocycles. The molecule has 0 fully saturated rings. The van der Waals surface area contributed by atoms with Crippen LogP contribution in [0, 0.1) is 11.2 Å². The molecule has 1 aliphatic rings. The van der Waals surface area contributed by atoms with Crippen molar-refractivity contribution in [2.24, 2.45) is 10.4 Å². The van der Waals surface area contributed by atoms with Crippen molar-refractivity contribution in [1.29, 1.82) is 0 Å². The van der Waals surface area contributed by atoms with Crippen molar-refractivity contribution in [2.45, 2.75) is 45.9 Å². The second-order valence-corrected chi connectivity index (χ2v) is 9.50. The summed E-state index contributed by atoms with van der Waals surface area (Å²) in [7, 11) is 0. The molecule has 2 aromatic carbocycles. The van der Waals surface area contributed by atoms with E-state index in [4.69, 9.17) is 4.74 Å². The predicted octanol–water partition coefficient (Wildman–Crippen LogP) is 4.99. The summed E-state index contributed by atoms with van der Waals surface area (Å²) in [6.07, 6.45) is -3.12. The fraction of sp³-hybridized carbons (Fsp3) is 0.370. The molecule has 0 radical (unpaired) electrons. The van der Waals surface area contributed by atoms with Crippen LogP contribution in [0.2, 0.25) is 0 Å². The first-order chi connectivity index (χ1) is 17.3. The van der Waals surface area contributed by atoms with Crippen molar-refractivity contribution in [3.8, 4) is 0 Å². The molecule has 2 aromatic rings. The molecule has 37 heavy (non-hydrogen) atoms. The number of aliphatic hydroxyl groups is 1. The first-order valence-electron chi connectivity index (χ1n) is 11.6. The molecule has 2 N–H and O–H groups in total. The number of alkyl halides is 3. The van der Waals surface area contributed by atoms with Gasteiger partial charge >= 0.3 is 6.18 Å². The van der Waals surface area contributed by atoms with Crippen molar-refractivity contribution in [2.75, 3.05) is 18.5 Å². The number of allylic oxidation sites excluding steroid dienone is 1. The lowest BCUT2D eigenvalue weighted by molar-refractivity contribution is -0.138. The zero-order valence-electron chi connectivity index (χ0n) is 20.7. The third-order valence-corrected chi connectivity index (χ3v) is 5.76. The van der Waals surface area contributed by atoms with Gasteiger partial charge in [-0.05, 0) is 54.2 Å². The number of nitrogens with zero attached hydrogens (tertiary/aromatic N) is 1. The van der Waals surface area contributed by atoms with Crippen LogP contribution in [0.15, 0.2) is 47.5 Å². The Morgan fingerprint density at radius 1 is 1.16 bits per heavy atom. The average Bonchev–Trinajstić information content (AvgIpc) is 2.81. The van der Waals surface area contributed by atoms with E-state index in [1.165, 1.54) is 36.6 Å². The summed E-state index contributed by atoms with van der Waals surface area (Å²) < 4.78 is 61.1. The van der Waals surface area contributed by atoms with Crippen LogP contribution >= 0.6 is 0 Å². The molecule has 6 nitrogen and oxygen atoms in total. The maximum Gasteiger partial charge on any atom is 0.416 e. The Labute approximate surface area is 212 Å². The normalized spacial score (nSPS) is 16.1. The fourth-order valence-corrected chi connectivity index (χ4v) is 3.88. The number of hydrogen-bond donors (Lipinski definition) is 2. The van der Waals surface area contributed by atoms with E-state index < -0.39 is 40.9 Å². The Bertz CT molecular complexity index is 1240. The van der Waals surface area contributed by atoms with Crippen molar-refractivity contribution >= 4 is 29.3 Å². The van der Waals surface area contributed by atoms with Gasteiger partial charge in [0.15, 0.2) is 6.10 Å². The molecule has 0 aromatic heterocycles. The molecule has 1 heterocycles. The monoisotopic (exact) mass is 520 g/mol. The topological polar surface area (TPSA) is 88.0 Å². The number of anilines is 1. The van der Waals surface area contributed by atoms with Gasteiger partial charge in [0.05, 0.1) is 12.0 Å². The van der Waals surface area contributed by atoms with Gasteiger partial charge in [0, 0.05) is 36.3 Å². The minimum absolute atomic E-state index is 0.00118. The lowest BCUT2D eigenvalue weighted by Gasteiger charge is -2.24. The smallest absolute Gasteiger partial charge is 0.396 e. The maximum absolute atomic E-state index is 14.8. The Hall–Kier alpha value is -3.37. The number of amides is 2. The molecule has 1 unspecified atom stereocenters. The standard InChI is InChI=1S/C27H28F4N2O4/c1-4-37-23-11-18(14-32-25(23)36)20-8-5-16(9-22(20)28)10-24(35)33-19-7-6-17(13-26(2,3)15-34)21(12-19)27(29,30)31/h5-9,11-12,14,23,34H,4,10,13,15H2,1-3H3,(H,33,35). The summed E-state index contributed by atoms with van der Waals surface area (Å²) in [5.74, 6) is -1.76. The van der Waals surface area contributed by atoms with E-state index in [0.717, 1.165) is 12.1 Å². The van der Waals surface area contributed by atoms with Crippen LogP contribution in [0.1, 0.15) is 43.0 Å². The van der Waals surface area contributed by atoms with E-state index in [1.54, 1.807) is 20.8 Å². The van der Waals surface area contributed by atoms with Gasteiger partial charge in [-0.2, -0.15) is 13.2 Å². The van der Waals surface area contributed by atoms with Crippen molar-refractivity contribution < 1.29 is 37.0 Å². The molecular weight excluding hydrogens is 492 g/mol. The summed E-state index contributed by atoms with van der Waals surface area (Å²) >= 11 is 0. The molecular formula is C27H28F4N2O4. The summed E-state index contributed by atoms with van der Waals surface area (Å²) in [5.41, 5.74) is -0.849. The number of halogens is 4. The van der Waals surface area contributed by atoms with Crippen molar-refractivity contribution in [1.82, 2.24) is 0 Å². The van der Waals surface area contributed by atoms with Crippen LogP contribution in [0.25, 0.3) is 5.57 Å². The third kappa shape index (κ3) is 7.33. The Kier molecular flexibility index (Phi) is 8.65. The van der Waals surface area contributed by atoms with Crippen LogP contribution < -0.4 is 5.32 Å². The first kappa shape index (κ1) is 28.2. The lowest BCUT2D eigenvalue weighted by Crippen LogP contribution is -2.24. The first-order valence-corrected chi connectivity index (χ1v) is 11.6. The van der Waals surface area contributed by atoms with E-state index in [0.29, 0.717) is 11.1 Å². The summed E-state index contributed by atoms with van der Waals surface area (Å²) in [6.45, 7) is 5.02. The van der Waals surface area contributed by atoms with Crippen molar-refractivity contribution in [3.05, 3.63) is 70.5 Å². The third-order valence-electron chi connectivity index (χ3n) is 5.76. The quantitative estimate of drug-likeness (QED) is 0.457. The van der Waals surface area contributed by atoms with Crippen LogP contribution in [0.3, 0.4) is 0 Å². The van der Waals surface area contributed by atoms with Crippen LogP contribution in [-0.4, -0.2) is 42.5 Å². The number of aliphatic imine (C=N–C) groups is 1.